The molecule has 0 radical (unpaired) electrons. The Kier molecular flexibility index (Phi) is 7.99. The van der Waals surface area contributed by atoms with E-state index in [0.29, 0.717) is 10.6 Å². The minimum atomic E-state index is -4.45. The van der Waals surface area contributed by atoms with Gasteiger partial charge < -0.3 is 9.84 Å². The van der Waals surface area contributed by atoms with Gasteiger partial charge in [-0.2, -0.15) is 13.2 Å². The average molecular weight is 493 g/mol. The van der Waals surface area contributed by atoms with Crippen molar-refractivity contribution in [3.05, 3.63) is 87.9 Å². The van der Waals surface area contributed by atoms with Crippen molar-refractivity contribution in [2.75, 3.05) is 0 Å². The van der Waals surface area contributed by atoms with Gasteiger partial charge in [-0.3, -0.25) is 4.90 Å². The van der Waals surface area contributed by atoms with Gasteiger partial charge in [-0.25, -0.2) is 9.78 Å². The molecule has 0 saturated heterocycles. The van der Waals surface area contributed by atoms with Gasteiger partial charge in [0.2, 0.25) is 0 Å². The molecule has 2 aromatic carbocycles. The van der Waals surface area contributed by atoms with Crippen LogP contribution in [0.4, 0.5) is 18.0 Å². The third-order valence-corrected chi connectivity index (χ3v) is 5.87. The Morgan fingerprint density at radius 2 is 1.71 bits per heavy atom. The summed E-state index contributed by atoms with van der Waals surface area (Å²) in [6, 6.07) is 13.1. The summed E-state index contributed by atoms with van der Waals surface area (Å²) in [5, 5.41) is 13.3. The van der Waals surface area contributed by atoms with Gasteiger partial charge in [0, 0.05) is 18.1 Å². The van der Waals surface area contributed by atoms with Crippen molar-refractivity contribution in [3.8, 4) is 0 Å². The van der Waals surface area contributed by atoms with E-state index in [1.807, 2.05) is 30.3 Å². The molecule has 34 heavy (non-hydrogen) atoms. The van der Waals surface area contributed by atoms with Crippen LogP contribution in [0.15, 0.2) is 66.2 Å². The zero-order valence-electron chi connectivity index (χ0n) is 19.1. The highest BCUT2D eigenvalue weighted by atomic mass is 32.1. The van der Waals surface area contributed by atoms with E-state index in [9.17, 15) is 23.1 Å². The van der Waals surface area contributed by atoms with Gasteiger partial charge in [0.1, 0.15) is 16.7 Å². The molecule has 2 atom stereocenters. The molecule has 1 aromatic heterocycles. The second-order valence-electron chi connectivity index (χ2n) is 8.88. The van der Waals surface area contributed by atoms with Crippen LogP contribution in [-0.2, 0) is 23.9 Å². The Morgan fingerprint density at radius 1 is 1.06 bits per heavy atom. The number of halogens is 3. The van der Waals surface area contributed by atoms with Crippen LogP contribution in [0.5, 0.6) is 0 Å². The van der Waals surface area contributed by atoms with Gasteiger partial charge in [-0.15, -0.1) is 11.3 Å². The number of hydrogen-bond donors (Lipinski definition) is 1. The van der Waals surface area contributed by atoms with Crippen LogP contribution in [0.2, 0.25) is 0 Å². The Labute approximate surface area is 200 Å². The Bertz CT molecular complexity index is 1050. The van der Waals surface area contributed by atoms with Crippen LogP contribution in [0, 0.1) is 0 Å². The summed E-state index contributed by atoms with van der Waals surface area (Å²) in [5.74, 6) is 0. The molecule has 0 saturated carbocycles. The molecular weight excluding hydrogens is 465 g/mol. The van der Waals surface area contributed by atoms with Gasteiger partial charge in [0.15, 0.2) is 0 Å². The molecule has 0 aliphatic carbocycles. The average Bonchev–Trinajstić information content (AvgIpc) is 3.30. The topological polar surface area (TPSA) is 62.7 Å². The molecule has 0 aliphatic heterocycles. The number of aliphatic hydroxyl groups is 1. The zero-order valence-corrected chi connectivity index (χ0v) is 19.9. The number of carbonyl (C=O) groups is 1. The quantitative estimate of drug-likeness (QED) is 0.424. The highest BCUT2D eigenvalue weighted by molar-refractivity contribution is 7.09. The molecular formula is C25H27F3N2O3S. The molecule has 1 heterocycles. The SMILES string of the molecule is CC(C)(C)OC(=O)N(Cc1ccccc1)C(Cc1ccc(C(F)(F)F)cc1)[C@H](O)c1nccs1. The molecule has 0 fully saturated rings. The second-order valence-corrected chi connectivity index (χ2v) is 9.80. The number of aromatic nitrogens is 1. The highest BCUT2D eigenvalue weighted by Gasteiger charge is 2.35. The third-order valence-electron chi connectivity index (χ3n) is 5.02. The molecule has 3 rings (SSSR count). The number of nitrogens with zero attached hydrogens (tertiary/aromatic N) is 2. The number of thiazole rings is 1. The van der Waals surface area contributed by atoms with Gasteiger partial charge in [0.05, 0.1) is 11.6 Å². The lowest BCUT2D eigenvalue weighted by molar-refractivity contribution is -0.137. The van der Waals surface area contributed by atoms with E-state index in [1.165, 1.54) is 28.4 Å². The van der Waals surface area contributed by atoms with Crippen LogP contribution >= 0.6 is 11.3 Å². The van der Waals surface area contributed by atoms with Crippen LogP contribution in [0.25, 0.3) is 0 Å². The Morgan fingerprint density at radius 3 is 2.24 bits per heavy atom. The fourth-order valence-corrected chi connectivity index (χ4v) is 4.11. The standard InChI is InChI=1S/C25H27F3N2O3S/c1-24(2,3)33-23(32)30(16-18-7-5-4-6-8-18)20(21(31)22-29-13-14-34-22)15-17-9-11-19(12-10-17)25(26,27)28/h4-14,20-21,31H,15-16H2,1-3H3/t20?,21-/m0/s1. The number of amides is 1. The van der Waals surface area contributed by atoms with Crippen LogP contribution < -0.4 is 0 Å². The lowest BCUT2D eigenvalue weighted by Gasteiger charge is -2.36. The summed E-state index contributed by atoms with van der Waals surface area (Å²) in [7, 11) is 0. The number of alkyl halides is 3. The van der Waals surface area contributed by atoms with E-state index in [-0.39, 0.29) is 13.0 Å². The molecule has 1 unspecified atom stereocenters. The molecule has 1 N–H and O–H groups in total. The molecule has 3 aromatic rings. The summed E-state index contributed by atoms with van der Waals surface area (Å²) in [6.07, 6.45) is -4.60. The fraction of sp³-hybridized carbons (Fsp3) is 0.360. The largest absolute Gasteiger partial charge is 0.444 e. The Hall–Kier alpha value is -2.91. The van der Waals surface area contributed by atoms with Crippen molar-refractivity contribution in [2.45, 2.75) is 57.7 Å². The summed E-state index contributed by atoms with van der Waals surface area (Å²) >= 11 is 1.24. The molecule has 0 spiro atoms. The monoisotopic (exact) mass is 492 g/mol. The summed E-state index contributed by atoms with van der Waals surface area (Å²) < 4.78 is 44.7. The molecule has 9 heteroatoms. The number of ether oxygens (including phenoxy) is 1. The summed E-state index contributed by atoms with van der Waals surface area (Å²) in [6.45, 7) is 5.37. The maximum Gasteiger partial charge on any atom is 0.416 e. The molecule has 5 nitrogen and oxygen atoms in total. The number of hydrogen-bond acceptors (Lipinski definition) is 5. The fourth-order valence-electron chi connectivity index (χ4n) is 3.43. The summed E-state index contributed by atoms with van der Waals surface area (Å²) in [4.78, 5) is 18.9. The second kappa shape index (κ2) is 10.6. The predicted octanol–water partition coefficient (Wildman–Crippen LogP) is 6.24. The maximum absolute atomic E-state index is 13.3. The lowest BCUT2D eigenvalue weighted by Crippen LogP contribution is -2.46. The van der Waals surface area contributed by atoms with E-state index in [1.54, 1.807) is 32.3 Å². The molecule has 0 bridgehead atoms. The first-order chi connectivity index (χ1) is 15.9. The number of aliphatic hydroxyl groups excluding tert-OH is 1. The first-order valence-corrected chi connectivity index (χ1v) is 11.6. The van der Waals surface area contributed by atoms with Crippen molar-refractivity contribution >= 4 is 17.4 Å². The van der Waals surface area contributed by atoms with E-state index in [4.69, 9.17) is 4.74 Å². The minimum absolute atomic E-state index is 0.102. The van der Waals surface area contributed by atoms with E-state index in [2.05, 4.69) is 4.98 Å². The van der Waals surface area contributed by atoms with E-state index < -0.39 is 35.6 Å². The van der Waals surface area contributed by atoms with Crippen molar-refractivity contribution in [3.63, 3.8) is 0 Å². The Balaban J connectivity index is 1.99. The smallest absolute Gasteiger partial charge is 0.416 e. The summed E-state index contributed by atoms with van der Waals surface area (Å²) in [5.41, 5.74) is -0.189. The number of rotatable bonds is 7. The van der Waals surface area contributed by atoms with Gasteiger partial charge >= 0.3 is 12.3 Å². The van der Waals surface area contributed by atoms with Gasteiger partial charge in [-0.1, -0.05) is 42.5 Å². The highest BCUT2D eigenvalue weighted by Crippen LogP contribution is 2.31. The lowest BCUT2D eigenvalue weighted by atomic mass is 9.98. The van der Waals surface area contributed by atoms with Crippen molar-refractivity contribution in [2.24, 2.45) is 0 Å². The van der Waals surface area contributed by atoms with E-state index in [0.717, 1.165) is 17.7 Å². The zero-order chi connectivity index (χ0) is 24.9. The molecule has 182 valence electrons. The number of carbonyl (C=O) groups excluding carboxylic acids is 1. The van der Waals surface area contributed by atoms with E-state index >= 15 is 0 Å². The third kappa shape index (κ3) is 7.04. The van der Waals surface area contributed by atoms with Crippen molar-refractivity contribution in [1.82, 2.24) is 9.88 Å². The number of benzene rings is 2. The van der Waals surface area contributed by atoms with Crippen LogP contribution in [0.3, 0.4) is 0 Å². The van der Waals surface area contributed by atoms with Crippen LogP contribution in [0.1, 0.15) is 48.6 Å². The molecule has 1 amide bonds. The first kappa shape index (κ1) is 25.7. The normalized spacial score (nSPS) is 13.9. The molecule has 0 aliphatic rings. The van der Waals surface area contributed by atoms with Crippen molar-refractivity contribution < 1.29 is 27.8 Å². The predicted molar refractivity (Wildman–Crippen MR) is 124 cm³/mol. The van der Waals surface area contributed by atoms with Crippen LogP contribution in [-0.4, -0.2) is 32.7 Å². The van der Waals surface area contributed by atoms with Crippen molar-refractivity contribution in [1.29, 1.82) is 0 Å². The maximum atomic E-state index is 13.3. The minimum Gasteiger partial charge on any atom is -0.444 e. The first-order valence-electron chi connectivity index (χ1n) is 10.7. The van der Waals surface area contributed by atoms with Gasteiger partial charge in [0.25, 0.3) is 0 Å². The van der Waals surface area contributed by atoms with Gasteiger partial charge in [-0.05, 0) is 50.5 Å².